The van der Waals surface area contributed by atoms with Crippen LogP contribution in [0, 0.1) is 11.8 Å². The average Bonchev–Trinajstić information content (AvgIpc) is 2.25. The van der Waals surface area contributed by atoms with Crippen LogP contribution in [0.15, 0.2) is 0 Å². The van der Waals surface area contributed by atoms with E-state index in [1.165, 1.54) is 32.2 Å². The Morgan fingerprint density at radius 3 is 2.38 bits per heavy atom. The Balaban J connectivity index is 2.46. The first-order valence-electron chi connectivity index (χ1n) is 6.93. The van der Waals surface area contributed by atoms with Crippen molar-refractivity contribution in [2.24, 2.45) is 11.8 Å². The van der Waals surface area contributed by atoms with Crippen molar-refractivity contribution in [3.8, 4) is 0 Å². The molecule has 3 unspecified atom stereocenters. The fourth-order valence-corrected chi connectivity index (χ4v) is 3.03. The number of likely N-dealkylation sites (N-methyl/N-ethyl adjacent to an activating group) is 2. The van der Waals surface area contributed by atoms with Crippen molar-refractivity contribution in [2.75, 3.05) is 20.6 Å². The summed E-state index contributed by atoms with van der Waals surface area (Å²) in [6.07, 6.45) is 5.67. The highest BCUT2D eigenvalue weighted by molar-refractivity contribution is 4.82. The Bertz CT molecular complexity index is 191. The van der Waals surface area contributed by atoms with Crippen LogP contribution < -0.4 is 5.32 Å². The van der Waals surface area contributed by atoms with E-state index in [-0.39, 0.29) is 0 Å². The summed E-state index contributed by atoms with van der Waals surface area (Å²) in [5.41, 5.74) is 0. The minimum atomic E-state index is 0.624. The molecule has 3 atom stereocenters. The minimum absolute atomic E-state index is 0.624. The van der Waals surface area contributed by atoms with Crippen molar-refractivity contribution >= 4 is 0 Å². The molecule has 1 aliphatic carbocycles. The van der Waals surface area contributed by atoms with Crippen LogP contribution in [0.1, 0.15) is 46.5 Å². The Hall–Kier alpha value is -0.0800. The molecular weight excluding hydrogens is 196 g/mol. The van der Waals surface area contributed by atoms with Gasteiger partial charge in [0.1, 0.15) is 0 Å². The molecule has 0 spiro atoms. The number of rotatable bonds is 5. The summed E-state index contributed by atoms with van der Waals surface area (Å²) in [5, 5.41) is 3.44. The van der Waals surface area contributed by atoms with Gasteiger partial charge in [-0.2, -0.15) is 0 Å². The van der Waals surface area contributed by atoms with E-state index >= 15 is 0 Å². The molecule has 0 aromatic rings. The van der Waals surface area contributed by atoms with Crippen molar-refractivity contribution in [2.45, 2.75) is 58.5 Å². The number of hydrogen-bond donors (Lipinski definition) is 1. The van der Waals surface area contributed by atoms with Gasteiger partial charge in [-0.15, -0.1) is 0 Å². The van der Waals surface area contributed by atoms with Crippen LogP contribution in [0.4, 0.5) is 0 Å². The van der Waals surface area contributed by atoms with E-state index in [9.17, 15) is 0 Å². The molecular formula is C14H30N2. The molecule has 0 heterocycles. The first-order chi connectivity index (χ1) is 7.56. The van der Waals surface area contributed by atoms with E-state index in [0.29, 0.717) is 12.0 Å². The molecule has 0 aliphatic heterocycles. The Morgan fingerprint density at radius 1 is 1.25 bits per heavy atom. The molecule has 2 heteroatoms. The second-order valence-corrected chi connectivity index (χ2v) is 5.91. The molecule has 96 valence electrons. The first-order valence-corrected chi connectivity index (χ1v) is 6.93. The highest BCUT2D eigenvalue weighted by atomic mass is 15.2. The number of nitrogens with one attached hydrogen (secondary N) is 1. The normalized spacial score (nSPS) is 28.7. The SMILES string of the molecule is CNC(CN(C)C1CCCCC1C)C(C)C. The Labute approximate surface area is 102 Å². The van der Waals surface area contributed by atoms with E-state index in [0.717, 1.165) is 12.0 Å². The first kappa shape index (κ1) is 14.0. The van der Waals surface area contributed by atoms with Crippen LogP contribution in [0.25, 0.3) is 0 Å². The number of hydrogen-bond acceptors (Lipinski definition) is 2. The fourth-order valence-electron chi connectivity index (χ4n) is 3.03. The molecule has 1 N–H and O–H groups in total. The van der Waals surface area contributed by atoms with Gasteiger partial charge in [-0.25, -0.2) is 0 Å². The Morgan fingerprint density at radius 2 is 1.88 bits per heavy atom. The summed E-state index contributed by atoms with van der Waals surface area (Å²) in [7, 11) is 4.39. The van der Waals surface area contributed by atoms with Crippen LogP contribution in [0.3, 0.4) is 0 Å². The maximum atomic E-state index is 3.44. The van der Waals surface area contributed by atoms with Crippen LogP contribution >= 0.6 is 0 Å². The van der Waals surface area contributed by atoms with E-state index in [4.69, 9.17) is 0 Å². The summed E-state index contributed by atoms with van der Waals surface area (Å²) in [6.45, 7) is 8.21. The second kappa shape index (κ2) is 6.61. The van der Waals surface area contributed by atoms with E-state index in [1.807, 2.05) is 0 Å². The van der Waals surface area contributed by atoms with Gasteiger partial charge in [-0.1, -0.05) is 33.6 Å². The zero-order chi connectivity index (χ0) is 12.1. The van der Waals surface area contributed by atoms with Crippen molar-refractivity contribution in [1.82, 2.24) is 10.2 Å². The lowest BCUT2D eigenvalue weighted by atomic mass is 9.84. The average molecular weight is 226 g/mol. The second-order valence-electron chi connectivity index (χ2n) is 5.91. The van der Waals surface area contributed by atoms with Crippen LogP contribution in [-0.4, -0.2) is 37.6 Å². The molecule has 0 amide bonds. The zero-order valence-corrected chi connectivity index (χ0v) is 11.8. The molecule has 1 fully saturated rings. The van der Waals surface area contributed by atoms with Crippen molar-refractivity contribution in [1.29, 1.82) is 0 Å². The summed E-state index contributed by atoms with van der Waals surface area (Å²) < 4.78 is 0. The molecule has 1 saturated carbocycles. The van der Waals surface area contributed by atoms with Crippen LogP contribution in [0.5, 0.6) is 0 Å². The van der Waals surface area contributed by atoms with Gasteiger partial charge in [0.2, 0.25) is 0 Å². The molecule has 0 radical (unpaired) electrons. The van der Waals surface area contributed by atoms with Gasteiger partial charge in [0.05, 0.1) is 0 Å². The van der Waals surface area contributed by atoms with Gasteiger partial charge in [-0.3, -0.25) is 0 Å². The molecule has 1 rings (SSSR count). The van der Waals surface area contributed by atoms with E-state index in [2.05, 4.69) is 45.1 Å². The monoisotopic (exact) mass is 226 g/mol. The quantitative estimate of drug-likeness (QED) is 0.775. The summed E-state index contributed by atoms with van der Waals surface area (Å²) in [6, 6.07) is 1.43. The third-order valence-corrected chi connectivity index (χ3v) is 4.29. The van der Waals surface area contributed by atoms with Gasteiger partial charge in [0.25, 0.3) is 0 Å². The molecule has 0 aromatic heterocycles. The number of nitrogens with zero attached hydrogens (tertiary/aromatic N) is 1. The van der Waals surface area contributed by atoms with Gasteiger partial charge in [-0.05, 0) is 38.8 Å². The molecule has 1 aliphatic rings. The predicted molar refractivity (Wildman–Crippen MR) is 71.7 cm³/mol. The Kier molecular flexibility index (Phi) is 5.77. The summed E-state index contributed by atoms with van der Waals surface area (Å²) in [5.74, 6) is 1.59. The molecule has 2 nitrogen and oxygen atoms in total. The smallest absolute Gasteiger partial charge is 0.0214 e. The molecule has 0 aromatic carbocycles. The lowest BCUT2D eigenvalue weighted by Crippen LogP contribution is -2.47. The topological polar surface area (TPSA) is 15.3 Å². The third-order valence-electron chi connectivity index (χ3n) is 4.29. The molecule has 0 bridgehead atoms. The lowest BCUT2D eigenvalue weighted by molar-refractivity contribution is 0.121. The maximum absolute atomic E-state index is 3.44. The maximum Gasteiger partial charge on any atom is 0.0214 e. The lowest BCUT2D eigenvalue weighted by Gasteiger charge is -2.38. The summed E-state index contributed by atoms with van der Waals surface area (Å²) in [4.78, 5) is 2.59. The minimum Gasteiger partial charge on any atom is -0.315 e. The fraction of sp³-hybridized carbons (Fsp3) is 1.00. The standard InChI is InChI=1S/C14H30N2/c1-11(2)13(15-4)10-16(5)14-9-7-6-8-12(14)3/h11-15H,6-10H2,1-5H3. The zero-order valence-electron chi connectivity index (χ0n) is 11.8. The van der Waals surface area contributed by atoms with E-state index < -0.39 is 0 Å². The predicted octanol–water partition coefficient (Wildman–Crippen LogP) is 2.74. The van der Waals surface area contributed by atoms with Gasteiger partial charge < -0.3 is 10.2 Å². The third kappa shape index (κ3) is 3.74. The van der Waals surface area contributed by atoms with Crippen molar-refractivity contribution in [3.63, 3.8) is 0 Å². The van der Waals surface area contributed by atoms with Crippen LogP contribution in [0.2, 0.25) is 0 Å². The highest BCUT2D eigenvalue weighted by Crippen LogP contribution is 2.27. The summed E-state index contributed by atoms with van der Waals surface area (Å²) >= 11 is 0. The van der Waals surface area contributed by atoms with Gasteiger partial charge >= 0.3 is 0 Å². The van der Waals surface area contributed by atoms with Crippen LogP contribution in [-0.2, 0) is 0 Å². The molecule has 16 heavy (non-hydrogen) atoms. The van der Waals surface area contributed by atoms with Crippen molar-refractivity contribution < 1.29 is 0 Å². The molecule has 0 saturated heterocycles. The van der Waals surface area contributed by atoms with E-state index in [1.54, 1.807) is 0 Å². The largest absolute Gasteiger partial charge is 0.315 e. The van der Waals surface area contributed by atoms with Crippen molar-refractivity contribution in [3.05, 3.63) is 0 Å². The van der Waals surface area contributed by atoms with Gasteiger partial charge in [0, 0.05) is 18.6 Å². The van der Waals surface area contributed by atoms with Gasteiger partial charge in [0.15, 0.2) is 0 Å². The highest BCUT2D eigenvalue weighted by Gasteiger charge is 2.26.